The van der Waals surface area contributed by atoms with E-state index in [2.05, 4.69) is 5.32 Å². The van der Waals surface area contributed by atoms with Crippen LogP contribution in [0, 0.1) is 17.2 Å². The van der Waals surface area contributed by atoms with Crippen molar-refractivity contribution in [2.24, 2.45) is 11.7 Å². The first kappa shape index (κ1) is 13.7. The van der Waals surface area contributed by atoms with E-state index in [1.165, 1.54) is 6.07 Å². The summed E-state index contributed by atoms with van der Waals surface area (Å²) < 4.78 is 37.7. The number of hydrogen-bond donors (Lipinski definition) is 2. The normalized spacial score (nSPS) is 16.8. The van der Waals surface area contributed by atoms with Crippen LogP contribution in [0.1, 0.15) is 24.0 Å². The van der Waals surface area contributed by atoms with Crippen molar-refractivity contribution in [3.05, 3.63) is 29.3 Å². The molecule has 0 radical (unpaired) electrons. The van der Waals surface area contributed by atoms with Crippen LogP contribution in [0.15, 0.2) is 18.2 Å². The highest BCUT2D eigenvalue weighted by atomic mass is 19.4. The molecule has 1 aliphatic carbocycles. The summed E-state index contributed by atoms with van der Waals surface area (Å²) in [6, 6.07) is 4.95. The van der Waals surface area contributed by atoms with Gasteiger partial charge >= 0.3 is 6.18 Å². The van der Waals surface area contributed by atoms with Crippen LogP contribution in [-0.4, -0.2) is 12.6 Å². The fourth-order valence-electron chi connectivity index (χ4n) is 2.01. The van der Waals surface area contributed by atoms with Gasteiger partial charge in [-0.15, -0.1) is 0 Å². The number of nitrogens with zero attached hydrogens (tertiary/aromatic N) is 1. The Balaban J connectivity index is 2.23. The third-order valence-electron chi connectivity index (χ3n) is 3.25. The summed E-state index contributed by atoms with van der Waals surface area (Å²) in [7, 11) is 0. The third kappa shape index (κ3) is 3.18. The number of hydrogen-bond acceptors (Lipinski definition) is 3. The van der Waals surface area contributed by atoms with Crippen molar-refractivity contribution in [2.75, 3.05) is 11.9 Å². The molecule has 0 aliphatic heterocycles. The Hall–Kier alpha value is -1.74. The average molecular weight is 269 g/mol. The molecule has 3 nitrogen and oxygen atoms in total. The minimum Gasteiger partial charge on any atom is -0.380 e. The Bertz CT molecular complexity index is 501. The van der Waals surface area contributed by atoms with Crippen molar-refractivity contribution in [3.8, 4) is 6.07 Å². The highest BCUT2D eigenvalue weighted by Crippen LogP contribution is 2.35. The third-order valence-corrected chi connectivity index (χ3v) is 3.25. The van der Waals surface area contributed by atoms with E-state index in [9.17, 15) is 13.2 Å². The van der Waals surface area contributed by atoms with E-state index in [-0.39, 0.29) is 11.6 Å². The fraction of sp³-hybridized carbons (Fsp3) is 0.462. The summed E-state index contributed by atoms with van der Waals surface area (Å²) in [4.78, 5) is 0. The summed E-state index contributed by atoms with van der Waals surface area (Å²) in [5, 5.41) is 12.0. The van der Waals surface area contributed by atoms with E-state index in [0.717, 1.165) is 25.0 Å². The van der Waals surface area contributed by atoms with Gasteiger partial charge in [-0.05, 0) is 37.0 Å². The Morgan fingerprint density at radius 1 is 1.42 bits per heavy atom. The van der Waals surface area contributed by atoms with Gasteiger partial charge in [-0.3, -0.25) is 0 Å². The molecule has 1 aromatic rings. The minimum absolute atomic E-state index is 0.00563. The molecule has 1 aliphatic rings. The largest absolute Gasteiger partial charge is 0.416 e. The average Bonchev–Trinajstić information content (AvgIpc) is 3.19. The monoisotopic (exact) mass is 269 g/mol. The Kier molecular flexibility index (Phi) is 3.67. The summed E-state index contributed by atoms with van der Waals surface area (Å²) >= 11 is 0. The van der Waals surface area contributed by atoms with Crippen molar-refractivity contribution >= 4 is 5.69 Å². The second-order valence-electron chi connectivity index (χ2n) is 4.69. The molecule has 3 N–H and O–H groups in total. The lowest BCUT2D eigenvalue weighted by atomic mass is 10.1. The van der Waals surface area contributed by atoms with Crippen LogP contribution in [0.4, 0.5) is 18.9 Å². The maximum Gasteiger partial charge on any atom is 0.416 e. The first-order valence-corrected chi connectivity index (χ1v) is 6.03. The lowest BCUT2D eigenvalue weighted by Gasteiger charge is -2.19. The van der Waals surface area contributed by atoms with Crippen LogP contribution in [0.25, 0.3) is 0 Å². The van der Waals surface area contributed by atoms with Gasteiger partial charge in [0.1, 0.15) is 6.07 Å². The maximum absolute atomic E-state index is 12.6. The lowest BCUT2D eigenvalue weighted by Crippen LogP contribution is -2.31. The van der Waals surface area contributed by atoms with Gasteiger partial charge in [-0.2, -0.15) is 18.4 Å². The number of anilines is 1. The van der Waals surface area contributed by atoms with Crippen LogP contribution in [0.3, 0.4) is 0 Å². The zero-order valence-electron chi connectivity index (χ0n) is 10.2. The highest BCUT2D eigenvalue weighted by molar-refractivity contribution is 5.59. The zero-order chi connectivity index (χ0) is 14.0. The predicted octanol–water partition coefficient (Wildman–Crippen LogP) is 2.73. The molecule has 0 bridgehead atoms. The first-order chi connectivity index (χ1) is 8.95. The van der Waals surface area contributed by atoms with Crippen LogP contribution in [0.2, 0.25) is 0 Å². The molecule has 2 rings (SSSR count). The second kappa shape index (κ2) is 5.10. The molecule has 0 spiro atoms. The van der Waals surface area contributed by atoms with Gasteiger partial charge < -0.3 is 11.1 Å². The molecule has 1 unspecified atom stereocenters. The number of benzene rings is 1. The topological polar surface area (TPSA) is 61.8 Å². The van der Waals surface area contributed by atoms with E-state index < -0.39 is 11.7 Å². The Morgan fingerprint density at radius 3 is 2.58 bits per heavy atom. The van der Waals surface area contributed by atoms with Gasteiger partial charge in [0, 0.05) is 12.6 Å². The van der Waals surface area contributed by atoms with Gasteiger partial charge in [-0.25, -0.2) is 0 Å². The van der Waals surface area contributed by atoms with E-state index >= 15 is 0 Å². The summed E-state index contributed by atoms with van der Waals surface area (Å²) in [5.74, 6) is 0.457. The van der Waals surface area contributed by atoms with Gasteiger partial charge in [0.05, 0.1) is 16.8 Å². The van der Waals surface area contributed by atoms with Gasteiger partial charge in [0.2, 0.25) is 0 Å². The van der Waals surface area contributed by atoms with Crippen molar-refractivity contribution in [1.29, 1.82) is 5.26 Å². The van der Waals surface area contributed by atoms with E-state index in [0.29, 0.717) is 18.2 Å². The van der Waals surface area contributed by atoms with E-state index in [4.69, 9.17) is 11.0 Å². The highest BCUT2D eigenvalue weighted by Gasteiger charge is 2.33. The number of nitriles is 1. The van der Waals surface area contributed by atoms with Gasteiger partial charge in [0.15, 0.2) is 0 Å². The number of nitrogens with one attached hydrogen (secondary N) is 1. The first-order valence-electron chi connectivity index (χ1n) is 6.03. The Morgan fingerprint density at radius 2 is 2.11 bits per heavy atom. The smallest absolute Gasteiger partial charge is 0.380 e. The predicted molar refractivity (Wildman–Crippen MR) is 65.3 cm³/mol. The molecular formula is C13H14F3N3. The summed E-state index contributed by atoms with van der Waals surface area (Å²) in [5.41, 5.74) is 5.22. The standard InChI is InChI=1S/C13H14F3N3/c14-13(15,16)10-3-4-11(9(5-10)6-17)19-12(7-18)8-1-2-8/h3-5,8,12,19H,1-2,7,18H2. The number of rotatable bonds is 4. The molecule has 0 aromatic heterocycles. The fourth-order valence-corrected chi connectivity index (χ4v) is 2.01. The Labute approximate surface area is 109 Å². The van der Waals surface area contributed by atoms with Gasteiger partial charge in [-0.1, -0.05) is 0 Å². The quantitative estimate of drug-likeness (QED) is 0.883. The maximum atomic E-state index is 12.6. The van der Waals surface area contributed by atoms with E-state index in [1.807, 2.05) is 0 Å². The summed E-state index contributed by atoms with van der Waals surface area (Å²) in [6.45, 7) is 0.399. The molecule has 0 saturated heterocycles. The lowest BCUT2D eigenvalue weighted by molar-refractivity contribution is -0.137. The van der Waals surface area contributed by atoms with Crippen molar-refractivity contribution in [1.82, 2.24) is 0 Å². The SMILES string of the molecule is N#Cc1cc(C(F)(F)F)ccc1NC(CN)C1CC1. The van der Waals surface area contributed by atoms with Crippen molar-refractivity contribution in [3.63, 3.8) is 0 Å². The van der Waals surface area contributed by atoms with Crippen molar-refractivity contribution < 1.29 is 13.2 Å². The van der Waals surface area contributed by atoms with Crippen LogP contribution >= 0.6 is 0 Å². The van der Waals surface area contributed by atoms with Crippen molar-refractivity contribution in [2.45, 2.75) is 25.1 Å². The number of alkyl halides is 3. The van der Waals surface area contributed by atoms with Crippen LogP contribution < -0.4 is 11.1 Å². The minimum atomic E-state index is -4.44. The summed E-state index contributed by atoms with van der Waals surface area (Å²) in [6.07, 6.45) is -2.30. The molecule has 6 heteroatoms. The number of nitrogens with two attached hydrogens (primary N) is 1. The number of halogens is 3. The van der Waals surface area contributed by atoms with Crippen LogP contribution in [0.5, 0.6) is 0 Å². The molecule has 1 saturated carbocycles. The molecule has 1 atom stereocenters. The molecule has 1 aromatic carbocycles. The molecule has 1 fully saturated rings. The molecule has 0 heterocycles. The van der Waals surface area contributed by atoms with Gasteiger partial charge in [0.25, 0.3) is 0 Å². The second-order valence-corrected chi connectivity index (χ2v) is 4.69. The zero-order valence-corrected chi connectivity index (χ0v) is 10.2. The molecule has 19 heavy (non-hydrogen) atoms. The van der Waals surface area contributed by atoms with Crippen LogP contribution in [-0.2, 0) is 6.18 Å². The van der Waals surface area contributed by atoms with E-state index in [1.54, 1.807) is 6.07 Å². The molecule has 0 amide bonds. The molecule has 102 valence electrons. The molecular weight excluding hydrogens is 255 g/mol.